The van der Waals surface area contributed by atoms with Gasteiger partial charge in [-0.25, -0.2) is 0 Å². The van der Waals surface area contributed by atoms with E-state index in [1.54, 1.807) is 0 Å². The molecule has 0 aromatic carbocycles. The van der Waals surface area contributed by atoms with Gasteiger partial charge in [-0.1, -0.05) is 13.8 Å². The first-order valence-corrected chi connectivity index (χ1v) is 10.4. The number of hydrogen-bond donors (Lipinski definition) is 3. The van der Waals surface area contributed by atoms with Crippen LogP contribution in [0, 0.1) is 34.5 Å². The van der Waals surface area contributed by atoms with Crippen molar-refractivity contribution < 1.29 is 10.2 Å². The minimum Gasteiger partial charge on any atom is -0.393 e. The van der Waals surface area contributed by atoms with Crippen molar-refractivity contribution in [2.24, 2.45) is 40.2 Å². The molecule has 4 aliphatic carbocycles. The van der Waals surface area contributed by atoms with Crippen LogP contribution in [0.2, 0.25) is 0 Å². The fourth-order valence-electron chi connectivity index (χ4n) is 8.12. The van der Waals surface area contributed by atoms with E-state index >= 15 is 0 Å². The summed E-state index contributed by atoms with van der Waals surface area (Å²) in [6, 6.07) is 0. The van der Waals surface area contributed by atoms with Gasteiger partial charge in [-0.05, 0) is 99.2 Å². The zero-order chi connectivity index (χ0) is 17.3. The Morgan fingerprint density at radius 1 is 0.958 bits per heavy atom. The van der Waals surface area contributed by atoms with Crippen LogP contribution >= 0.6 is 0 Å². The van der Waals surface area contributed by atoms with Crippen LogP contribution in [0.5, 0.6) is 0 Å². The van der Waals surface area contributed by atoms with Crippen molar-refractivity contribution in [2.45, 2.75) is 96.3 Å². The van der Waals surface area contributed by atoms with Crippen molar-refractivity contribution in [3.8, 4) is 0 Å². The molecule has 1 unspecified atom stereocenters. The predicted molar refractivity (Wildman–Crippen MR) is 96.3 cm³/mol. The van der Waals surface area contributed by atoms with Gasteiger partial charge in [-0.3, -0.25) is 0 Å². The third kappa shape index (κ3) is 2.07. The molecule has 0 heterocycles. The van der Waals surface area contributed by atoms with Crippen LogP contribution in [0.15, 0.2) is 0 Å². The molecule has 138 valence electrons. The van der Waals surface area contributed by atoms with Crippen LogP contribution in [0.4, 0.5) is 0 Å². The van der Waals surface area contributed by atoms with Crippen LogP contribution < -0.4 is 5.73 Å². The zero-order valence-electron chi connectivity index (χ0n) is 15.8. The van der Waals surface area contributed by atoms with Crippen molar-refractivity contribution in [1.29, 1.82) is 0 Å². The molecule has 0 amide bonds. The first-order chi connectivity index (χ1) is 11.2. The van der Waals surface area contributed by atoms with Gasteiger partial charge in [-0.2, -0.15) is 0 Å². The van der Waals surface area contributed by atoms with Gasteiger partial charge in [0, 0.05) is 5.54 Å². The summed E-state index contributed by atoms with van der Waals surface area (Å²) in [5.41, 5.74) is 7.60. The molecule has 24 heavy (non-hydrogen) atoms. The molecule has 9 atom stereocenters. The van der Waals surface area contributed by atoms with Crippen molar-refractivity contribution in [3.05, 3.63) is 0 Å². The maximum Gasteiger partial charge on any atom is 0.0546 e. The molecule has 3 nitrogen and oxygen atoms in total. The fraction of sp³-hybridized carbons (Fsp3) is 1.00. The molecular formula is C21H37NO2. The molecule has 4 aliphatic rings. The minimum atomic E-state index is -0.242. The van der Waals surface area contributed by atoms with E-state index in [0.717, 1.165) is 31.6 Å². The Morgan fingerprint density at radius 3 is 2.42 bits per heavy atom. The molecule has 0 bridgehead atoms. The Labute approximate surface area is 147 Å². The second-order valence-electron chi connectivity index (χ2n) is 10.3. The first kappa shape index (κ1) is 17.3. The van der Waals surface area contributed by atoms with Gasteiger partial charge in [0.25, 0.3) is 0 Å². The second kappa shape index (κ2) is 5.44. The summed E-state index contributed by atoms with van der Waals surface area (Å²) < 4.78 is 0. The molecule has 3 heteroatoms. The molecule has 0 aromatic rings. The van der Waals surface area contributed by atoms with Crippen LogP contribution in [0.25, 0.3) is 0 Å². The van der Waals surface area contributed by atoms with E-state index in [4.69, 9.17) is 5.73 Å². The summed E-state index contributed by atoms with van der Waals surface area (Å²) in [6.07, 6.45) is 9.92. The Balaban J connectivity index is 1.66. The highest BCUT2D eigenvalue weighted by molar-refractivity contribution is 5.19. The lowest BCUT2D eigenvalue weighted by Gasteiger charge is -2.64. The van der Waals surface area contributed by atoms with Gasteiger partial charge in [0.15, 0.2) is 0 Å². The summed E-state index contributed by atoms with van der Waals surface area (Å²) in [4.78, 5) is 0. The lowest BCUT2D eigenvalue weighted by molar-refractivity contribution is -0.141. The molecule has 4 fully saturated rings. The molecule has 4 saturated carbocycles. The molecule has 4 N–H and O–H groups in total. The third-order valence-electron chi connectivity index (χ3n) is 9.63. The van der Waals surface area contributed by atoms with Crippen molar-refractivity contribution in [2.75, 3.05) is 0 Å². The minimum absolute atomic E-state index is 0.0774. The highest BCUT2D eigenvalue weighted by Crippen LogP contribution is 2.68. The Bertz CT molecular complexity index is 508. The van der Waals surface area contributed by atoms with E-state index < -0.39 is 0 Å². The summed E-state index contributed by atoms with van der Waals surface area (Å²) in [6.45, 7) is 6.86. The van der Waals surface area contributed by atoms with Gasteiger partial charge >= 0.3 is 0 Å². The lowest BCUT2D eigenvalue weighted by atomic mass is 9.42. The molecule has 0 aliphatic heterocycles. The molecule has 0 radical (unpaired) electrons. The maximum atomic E-state index is 10.4. The smallest absolute Gasteiger partial charge is 0.0546 e. The van der Waals surface area contributed by atoms with E-state index in [0.29, 0.717) is 23.2 Å². The third-order valence-corrected chi connectivity index (χ3v) is 9.63. The van der Waals surface area contributed by atoms with Crippen LogP contribution in [-0.4, -0.2) is 28.0 Å². The predicted octanol–water partition coefficient (Wildman–Crippen LogP) is 3.47. The lowest BCUT2D eigenvalue weighted by Crippen LogP contribution is -2.66. The van der Waals surface area contributed by atoms with Gasteiger partial charge in [0.05, 0.1) is 12.2 Å². The average molecular weight is 336 g/mol. The SMILES string of the molecule is C[C@H](O)[C@H]1CC[C@]2(N)[C@@H]3CCC4C[C@@H](O)CC[C@]4(C)[C@H]3CC[C@]12C. The molecular weight excluding hydrogens is 298 g/mol. The van der Waals surface area contributed by atoms with E-state index in [1.165, 1.54) is 32.1 Å². The fourth-order valence-corrected chi connectivity index (χ4v) is 8.12. The van der Waals surface area contributed by atoms with Gasteiger partial charge < -0.3 is 15.9 Å². The summed E-state index contributed by atoms with van der Waals surface area (Å²) in [5.74, 6) is 2.37. The average Bonchev–Trinajstić information content (AvgIpc) is 2.80. The number of aliphatic hydroxyl groups excluding tert-OH is 2. The van der Waals surface area contributed by atoms with Gasteiger partial charge in [0.1, 0.15) is 0 Å². The van der Waals surface area contributed by atoms with Crippen molar-refractivity contribution in [1.82, 2.24) is 0 Å². The molecule has 4 rings (SSSR count). The highest BCUT2D eigenvalue weighted by Gasteiger charge is 2.66. The van der Waals surface area contributed by atoms with E-state index in [1.807, 2.05) is 6.92 Å². The number of aliphatic hydroxyl groups is 2. The van der Waals surface area contributed by atoms with Gasteiger partial charge in [0.2, 0.25) is 0 Å². The molecule has 0 aromatic heterocycles. The second-order valence-corrected chi connectivity index (χ2v) is 10.3. The maximum absolute atomic E-state index is 10.4. The number of rotatable bonds is 1. The number of nitrogens with two attached hydrogens (primary N) is 1. The van der Waals surface area contributed by atoms with Crippen molar-refractivity contribution >= 4 is 0 Å². The Kier molecular flexibility index (Phi) is 3.92. The van der Waals surface area contributed by atoms with Crippen LogP contribution in [-0.2, 0) is 0 Å². The number of hydrogen-bond acceptors (Lipinski definition) is 3. The first-order valence-electron chi connectivity index (χ1n) is 10.4. The quantitative estimate of drug-likeness (QED) is 0.687. The monoisotopic (exact) mass is 335 g/mol. The zero-order valence-corrected chi connectivity index (χ0v) is 15.8. The topological polar surface area (TPSA) is 66.5 Å². The van der Waals surface area contributed by atoms with Gasteiger partial charge in [-0.15, -0.1) is 0 Å². The summed E-state index contributed by atoms with van der Waals surface area (Å²) >= 11 is 0. The largest absolute Gasteiger partial charge is 0.393 e. The normalized spacial score (nSPS) is 58.5. The molecule has 0 saturated heterocycles. The van der Waals surface area contributed by atoms with E-state index in [-0.39, 0.29) is 23.2 Å². The Morgan fingerprint density at radius 2 is 1.71 bits per heavy atom. The Hall–Kier alpha value is -0.120. The highest BCUT2D eigenvalue weighted by atomic mass is 16.3. The van der Waals surface area contributed by atoms with E-state index in [2.05, 4.69) is 13.8 Å². The number of fused-ring (bicyclic) bond motifs is 5. The van der Waals surface area contributed by atoms with E-state index in [9.17, 15) is 10.2 Å². The summed E-state index contributed by atoms with van der Waals surface area (Å²) in [5, 5.41) is 20.5. The van der Waals surface area contributed by atoms with Crippen LogP contribution in [0.3, 0.4) is 0 Å². The van der Waals surface area contributed by atoms with Crippen molar-refractivity contribution in [3.63, 3.8) is 0 Å². The molecule has 0 spiro atoms. The summed E-state index contributed by atoms with van der Waals surface area (Å²) in [7, 11) is 0. The standard InChI is InChI=1S/C21H37NO2/c1-13(23)16-8-11-21(22)18-5-4-14-12-15(24)6-9-19(14,2)17(18)7-10-20(16,21)3/h13-18,23-24H,4-12,22H2,1-3H3/t13-,14?,15-,16+,17-,18+,19-,20+,21-/m0/s1. The van der Waals surface area contributed by atoms with Crippen LogP contribution in [0.1, 0.15) is 78.6 Å².